The SMILES string of the molecule is O=C(NCC1(C(=O)O)CCOCC1)c1ccc2ccccc2c1. The minimum Gasteiger partial charge on any atom is -0.481 e. The van der Waals surface area contributed by atoms with Gasteiger partial charge in [0, 0.05) is 25.3 Å². The molecule has 0 atom stereocenters. The van der Waals surface area contributed by atoms with Crippen molar-refractivity contribution < 1.29 is 19.4 Å². The molecule has 120 valence electrons. The molecule has 1 aliphatic heterocycles. The summed E-state index contributed by atoms with van der Waals surface area (Å²) in [6, 6.07) is 13.3. The highest BCUT2D eigenvalue weighted by atomic mass is 16.5. The van der Waals surface area contributed by atoms with Gasteiger partial charge in [0.25, 0.3) is 5.91 Å². The number of aliphatic carboxylic acids is 1. The molecule has 0 radical (unpaired) electrons. The van der Waals surface area contributed by atoms with Gasteiger partial charge in [0.15, 0.2) is 0 Å². The highest BCUT2D eigenvalue weighted by Crippen LogP contribution is 2.30. The third-order valence-electron chi connectivity index (χ3n) is 4.50. The number of hydrogen-bond donors (Lipinski definition) is 2. The van der Waals surface area contributed by atoms with Gasteiger partial charge in [-0.05, 0) is 35.7 Å². The first-order valence-electron chi connectivity index (χ1n) is 7.69. The van der Waals surface area contributed by atoms with Crippen molar-refractivity contribution in [3.63, 3.8) is 0 Å². The van der Waals surface area contributed by atoms with Crippen LogP contribution >= 0.6 is 0 Å². The number of nitrogens with one attached hydrogen (secondary N) is 1. The largest absolute Gasteiger partial charge is 0.481 e. The van der Waals surface area contributed by atoms with E-state index in [0.717, 1.165) is 10.8 Å². The first-order valence-corrected chi connectivity index (χ1v) is 7.69. The van der Waals surface area contributed by atoms with Crippen molar-refractivity contribution in [1.82, 2.24) is 5.32 Å². The van der Waals surface area contributed by atoms with Crippen molar-refractivity contribution >= 4 is 22.6 Å². The fourth-order valence-corrected chi connectivity index (χ4v) is 2.91. The highest BCUT2D eigenvalue weighted by Gasteiger charge is 2.40. The van der Waals surface area contributed by atoms with Crippen molar-refractivity contribution in [3.8, 4) is 0 Å². The lowest BCUT2D eigenvalue weighted by atomic mass is 9.80. The maximum Gasteiger partial charge on any atom is 0.311 e. The van der Waals surface area contributed by atoms with Gasteiger partial charge in [-0.1, -0.05) is 30.3 Å². The topological polar surface area (TPSA) is 75.6 Å². The molecule has 2 aromatic rings. The summed E-state index contributed by atoms with van der Waals surface area (Å²) in [6.45, 7) is 0.952. The predicted molar refractivity (Wildman–Crippen MR) is 86.4 cm³/mol. The number of carboxylic acids is 1. The number of carboxylic acid groups (broad SMARTS) is 1. The minimum absolute atomic E-state index is 0.122. The van der Waals surface area contributed by atoms with E-state index in [0.29, 0.717) is 31.6 Å². The molecule has 0 spiro atoms. The molecule has 5 nitrogen and oxygen atoms in total. The molecule has 1 aliphatic rings. The monoisotopic (exact) mass is 313 g/mol. The van der Waals surface area contributed by atoms with E-state index in [4.69, 9.17) is 4.74 Å². The first-order chi connectivity index (χ1) is 11.1. The Morgan fingerprint density at radius 1 is 1.09 bits per heavy atom. The molecule has 0 aromatic heterocycles. The molecule has 1 fully saturated rings. The maximum absolute atomic E-state index is 12.4. The Kier molecular flexibility index (Phi) is 4.30. The summed E-state index contributed by atoms with van der Waals surface area (Å²) in [5.41, 5.74) is -0.388. The Hall–Kier alpha value is -2.40. The Morgan fingerprint density at radius 2 is 1.78 bits per heavy atom. The lowest BCUT2D eigenvalue weighted by Crippen LogP contribution is -2.46. The molecule has 0 bridgehead atoms. The van der Waals surface area contributed by atoms with Crippen molar-refractivity contribution in [2.24, 2.45) is 5.41 Å². The second-order valence-electron chi connectivity index (χ2n) is 5.94. The molecule has 1 amide bonds. The van der Waals surface area contributed by atoms with Gasteiger partial charge in [-0.2, -0.15) is 0 Å². The molecule has 0 aliphatic carbocycles. The molecule has 2 aromatic carbocycles. The van der Waals surface area contributed by atoms with Crippen molar-refractivity contribution in [3.05, 3.63) is 48.0 Å². The van der Waals surface area contributed by atoms with Crippen LogP contribution < -0.4 is 5.32 Å². The van der Waals surface area contributed by atoms with Crippen molar-refractivity contribution in [2.75, 3.05) is 19.8 Å². The third kappa shape index (κ3) is 3.19. The standard InChI is InChI=1S/C18H19NO4/c20-16(15-6-5-13-3-1-2-4-14(13)11-15)19-12-18(17(21)22)7-9-23-10-8-18/h1-6,11H,7-10,12H2,(H,19,20)(H,21,22). The summed E-state index contributed by atoms with van der Waals surface area (Å²) in [4.78, 5) is 24.0. The molecular weight excluding hydrogens is 294 g/mol. The number of fused-ring (bicyclic) bond motifs is 1. The summed E-state index contributed by atoms with van der Waals surface area (Å²) in [6.07, 6.45) is 0.834. The zero-order valence-corrected chi connectivity index (χ0v) is 12.7. The van der Waals surface area contributed by atoms with E-state index in [-0.39, 0.29) is 12.5 Å². The fourth-order valence-electron chi connectivity index (χ4n) is 2.91. The number of ether oxygens (including phenoxy) is 1. The number of hydrogen-bond acceptors (Lipinski definition) is 3. The molecule has 5 heteroatoms. The van der Waals surface area contributed by atoms with Gasteiger partial charge in [-0.3, -0.25) is 9.59 Å². The van der Waals surface area contributed by atoms with Crippen LogP contribution in [0.3, 0.4) is 0 Å². The third-order valence-corrected chi connectivity index (χ3v) is 4.50. The van der Waals surface area contributed by atoms with E-state index in [1.807, 2.05) is 36.4 Å². The molecule has 1 saturated heterocycles. The van der Waals surface area contributed by atoms with Crippen LogP contribution in [-0.4, -0.2) is 36.7 Å². The quantitative estimate of drug-likeness (QED) is 0.909. The number of amides is 1. The first kappa shape index (κ1) is 15.5. The van der Waals surface area contributed by atoms with Crippen LogP contribution in [0, 0.1) is 5.41 Å². The minimum atomic E-state index is -0.926. The van der Waals surface area contributed by atoms with Crippen LogP contribution in [0.1, 0.15) is 23.2 Å². The van der Waals surface area contributed by atoms with E-state index >= 15 is 0 Å². The number of benzene rings is 2. The van der Waals surface area contributed by atoms with Gasteiger partial charge >= 0.3 is 5.97 Å². The van der Waals surface area contributed by atoms with Crippen molar-refractivity contribution in [2.45, 2.75) is 12.8 Å². The van der Waals surface area contributed by atoms with Gasteiger partial charge in [0.2, 0.25) is 0 Å². The number of rotatable bonds is 4. The molecule has 23 heavy (non-hydrogen) atoms. The lowest BCUT2D eigenvalue weighted by molar-refractivity contribution is -0.154. The molecule has 3 rings (SSSR count). The van der Waals surface area contributed by atoms with Crippen LogP contribution in [0.2, 0.25) is 0 Å². The molecule has 0 saturated carbocycles. The predicted octanol–water partition coefficient (Wildman–Crippen LogP) is 2.45. The molecule has 0 unspecified atom stereocenters. The van der Waals surface area contributed by atoms with Gasteiger partial charge < -0.3 is 15.2 Å². The Bertz CT molecular complexity index is 735. The summed E-state index contributed by atoms with van der Waals surface area (Å²) in [5.74, 6) is -1.12. The molecule has 1 heterocycles. The average Bonchev–Trinajstić information content (AvgIpc) is 2.60. The smallest absolute Gasteiger partial charge is 0.311 e. The Balaban J connectivity index is 1.73. The van der Waals surface area contributed by atoms with Crippen molar-refractivity contribution in [1.29, 1.82) is 0 Å². The highest BCUT2D eigenvalue weighted by molar-refractivity contribution is 5.98. The zero-order chi connectivity index (χ0) is 16.3. The Morgan fingerprint density at radius 3 is 2.48 bits per heavy atom. The molecular formula is C18H19NO4. The van der Waals surface area contributed by atoms with Gasteiger partial charge in [0.1, 0.15) is 0 Å². The van der Waals surface area contributed by atoms with E-state index in [9.17, 15) is 14.7 Å². The maximum atomic E-state index is 12.4. The van der Waals surface area contributed by atoms with Crippen LogP contribution in [0.5, 0.6) is 0 Å². The fraction of sp³-hybridized carbons (Fsp3) is 0.333. The van der Waals surface area contributed by atoms with E-state index in [1.165, 1.54) is 0 Å². The normalized spacial score (nSPS) is 16.9. The van der Waals surface area contributed by atoms with E-state index < -0.39 is 11.4 Å². The van der Waals surface area contributed by atoms with Crippen LogP contribution in [0.15, 0.2) is 42.5 Å². The summed E-state index contributed by atoms with van der Waals surface area (Å²) >= 11 is 0. The summed E-state index contributed by atoms with van der Waals surface area (Å²) in [5, 5.41) is 14.3. The second-order valence-corrected chi connectivity index (χ2v) is 5.94. The van der Waals surface area contributed by atoms with E-state index in [1.54, 1.807) is 6.07 Å². The van der Waals surface area contributed by atoms with Gasteiger partial charge in [-0.25, -0.2) is 0 Å². The summed E-state index contributed by atoms with van der Waals surface area (Å²) in [7, 11) is 0. The van der Waals surface area contributed by atoms with Crippen LogP contribution in [0.4, 0.5) is 0 Å². The van der Waals surface area contributed by atoms with Gasteiger partial charge in [-0.15, -0.1) is 0 Å². The van der Waals surface area contributed by atoms with E-state index in [2.05, 4.69) is 5.32 Å². The average molecular weight is 313 g/mol. The van der Waals surface area contributed by atoms with Crippen LogP contribution in [0.25, 0.3) is 10.8 Å². The number of carbonyl (C=O) groups excluding carboxylic acids is 1. The van der Waals surface area contributed by atoms with Gasteiger partial charge in [0.05, 0.1) is 5.41 Å². The Labute approximate surface area is 134 Å². The van der Waals surface area contributed by atoms with Crippen LogP contribution in [-0.2, 0) is 9.53 Å². The number of carbonyl (C=O) groups is 2. The summed E-state index contributed by atoms with van der Waals surface area (Å²) < 4.78 is 5.24. The lowest BCUT2D eigenvalue weighted by Gasteiger charge is -2.33. The second kappa shape index (κ2) is 6.38. The zero-order valence-electron chi connectivity index (χ0n) is 12.7. The molecule has 2 N–H and O–H groups in total.